The van der Waals surface area contributed by atoms with Crippen LogP contribution in [0.1, 0.15) is 38.8 Å². The number of alkyl halides is 3. The number of ether oxygens (including phenoxy) is 1. The molecule has 0 unspecified atom stereocenters. The number of anilines is 2. The SMILES string of the molecule is CCOc1cc(Nc2ccc(C(C)(C)C)cc2)c2ccc(-c3ncccc3C(F)(F)F)cc2n1. The van der Waals surface area contributed by atoms with Crippen molar-refractivity contribution >= 4 is 22.3 Å². The van der Waals surface area contributed by atoms with Gasteiger partial charge in [0.1, 0.15) is 0 Å². The number of nitrogens with zero attached hydrogens (tertiary/aromatic N) is 2. The number of benzene rings is 2. The van der Waals surface area contributed by atoms with Gasteiger partial charge in [-0.1, -0.05) is 45.0 Å². The molecule has 0 radical (unpaired) electrons. The molecule has 0 amide bonds. The third kappa shape index (κ3) is 4.98. The van der Waals surface area contributed by atoms with Gasteiger partial charge in [0.2, 0.25) is 5.88 Å². The predicted octanol–water partition coefficient (Wildman–Crippen LogP) is 7.76. The Balaban J connectivity index is 1.79. The van der Waals surface area contributed by atoms with Crippen LogP contribution in [0.3, 0.4) is 0 Å². The van der Waals surface area contributed by atoms with Gasteiger partial charge >= 0.3 is 6.18 Å². The molecule has 2 aromatic heterocycles. The maximum Gasteiger partial charge on any atom is 0.418 e. The van der Waals surface area contributed by atoms with Crippen LogP contribution in [0.2, 0.25) is 0 Å². The van der Waals surface area contributed by atoms with E-state index in [2.05, 4.69) is 48.2 Å². The summed E-state index contributed by atoms with van der Waals surface area (Å²) in [5, 5.41) is 4.16. The highest BCUT2D eigenvalue weighted by Crippen LogP contribution is 2.38. The fraction of sp³-hybridized carbons (Fsp3) is 0.259. The second kappa shape index (κ2) is 8.97. The van der Waals surface area contributed by atoms with E-state index in [-0.39, 0.29) is 11.1 Å². The van der Waals surface area contributed by atoms with Crippen molar-refractivity contribution < 1.29 is 17.9 Å². The van der Waals surface area contributed by atoms with Crippen LogP contribution >= 0.6 is 0 Å². The first-order valence-electron chi connectivity index (χ1n) is 11.0. The van der Waals surface area contributed by atoms with Gasteiger partial charge in [-0.3, -0.25) is 4.98 Å². The topological polar surface area (TPSA) is 47.0 Å². The van der Waals surface area contributed by atoms with Crippen LogP contribution in [-0.2, 0) is 11.6 Å². The smallest absolute Gasteiger partial charge is 0.418 e. The van der Waals surface area contributed by atoms with Crippen molar-refractivity contribution in [1.82, 2.24) is 9.97 Å². The number of hydrogen-bond acceptors (Lipinski definition) is 4. The molecule has 4 rings (SSSR count). The average molecular weight is 466 g/mol. The maximum absolute atomic E-state index is 13.5. The minimum Gasteiger partial charge on any atom is -0.478 e. The quantitative estimate of drug-likeness (QED) is 0.327. The fourth-order valence-electron chi connectivity index (χ4n) is 3.75. The Labute approximate surface area is 196 Å². The van der Waals surface area contributed by atoms with Crippen molar-refractivity contribution in [3.63, 3.8) is 0 Å². The fourth-order valence-corrected chi connectivity index (χ4v) is 3.75. The molecule has 0 atom stereocenters. The van der Waals surface area contributed by atoms with Crippen LogP contribution in [0.25, 0.3) is 22.2 Å². The summed E-state index contributed by atoms with van der Waals surface area (Å²) < 4.78 is 46.2. The van der Waals surface area contributed by atoms with Crippen molar-refractivity contribution in [3.8, 4) is 17.1 Å². The first-order valence-corrected chi connectivity index (χ1v) is 11.0. The Kier molecular flexibility index (Phi) is 6.21. The summed E-state index contributed by atoms with van der Waals surface area (Å²) in [5.41, 5.74) is 2.82. The molecular formula is C27H26F3N3O. The Bertz CT molecular complexity index is 1310. The number of pyridine rings is 2. The highest BCUT2D eigenvalue weighted by atomic mass is 19.4. The number of aromatic nitrogens is 2. The molecule has 0 aliphatic heterocycles. The summed E-state index contributed by atoms with van der Waals surface area (Å²) >= 11 is 0. The van der Waals surface area contributed by atoms with Crippen molar-refractivity contribution in [2.24, 2.45) is 0 Å². The number of halogens is 3. The van der Waals surface area contributed by atoms with Gasteiger partial charge < -0.3 is 10.1 Å². The van der Waals surface area contributed by atoms with Gasteiger partial charge in [-0.25, -0.2) is 4.98 Å². The second-order valence-corrected chi connectivity index (χ2v) is 9.02. The standard InChI is InChI=1S/C27H26F3N3O/c1-5-34-24-16-23(32-19-11-9-18(10-12-19)26(2,3)4)20-13-8-17(15-22(20)33-24)25-21(27(28,29)30)7-6-14-31-25/h6-16H,5H2,1-4H3,(H,32,33). The molecule has 0 saturated carbocycles. The molecule has 34 heavy (non-hydrogen) atoms. The highest BCUT2D eigenvalue weighted by Gasteiger charge is 2.34. The van der Waals surface area contributed by atoms with E-state index in [1.165, 1.54) is 17.8 Å². The van der Waals surface area contributed by atoms with Crippen molar-refractivity contribution in [3.05, 3.63) is 78.0 Å². The lowest BCUT2D eigenvalue weighted by Gasteiger charge is -2.19. The molecule has 0 aliphatic carbocycles. The van der Waals surface area contributed by atoms with Crippen LogP contribution in [0, 0.1) is 0 Å². The Morgan fingerprint density at radius 2 is 1.68 bits per heavy atom. The van der Waals surface area contributed by atoms with Crippen LogP contribution in [-0.4, -0.2) is 16.6 Å². The summed E-state index contributed by atoms with van der Waals surface area (Å²) in [6.45, 7) is 8.73. The predicted molar refractivity (Wildman–Crippen MR) is 130 cm³/mol. The van der Waals surface area contributed by atoms with E-state index in [4.69, 9.17) is 4.74 Å². The van der Waals surface area contributed by atoms with Gasteiger partial charge in [0.05, 0.1) is 29.1 Å². The third-order valence-electron chi connectivity index (χ3n) is 5.50. The van der Waals surface area contributed by atoms with Gasteiger partial charge in [-0.05, 0) is 48.2 Å². The zero-order chi connectivity index (χ0) is 24.5. The summed E-state index contributed by atoms with van der Waals surface area (Å²) in [6.07, 6.45) is -3.15. The van der Waals surface area contributed by atoms with Gasteiger partial charge in [0.15, 0.2) is 0 Å². The summed E-state index contributed by atoms with van der Waals surface area (Å²) in [5.74, 6) is 0.387. The molecule has 2 aromatic carbocycles. The third-order valence-corrected chi connectivity index (χ3v) is 5.50. The molecule has 2 heterocycles. The summed E-state index contributed by atoms with van der Waals surface area (Å²) in [6, 6.07) is 17.3. The molecule has 0 fully saturated rings. The van der Waals surface area contributed by atoms with Crippen LogP contribution in [0.5, 0.6) is 5.88 Å². The molecule has 0 bridgehead atoms. The number of nitrogens with one attached hydrogen (secondary N) is 1. The van der Waals surface area contributed by atoms with Crippen molar-refractivity contribution in [2.75, 3.05) is 11.9 Å². The molecule has 1 N–H and O–H groups in total. The van der Waals surface area contributed by atoms with Crippen LogP contribution in [0.15, 0.2) is 66.9 Å². The molecule has 0 aliphatic rings. The summed E-state index contributed by atoms with van der Waals surface area (Å²) in [4.78, 5) is 8.52. The van der Waals surface area contributed by atoms with E-state index in [0.29, 0.717) is 23.6 Å². The van der Waals surface area contributed by atoms with Gasteiger partial charge in [0.25, 0.3) is 0 Å². The molecule has 7 heteroatoms. The van der Waals surface area contributed by atoms with E-state index in [9.17, 15) is 13.2 Å². The van der Waals surface area contributed by atoms with Crippen LogP contribution < -0.4 is 10.1 Å². The number of fused-ring (bicyclic) bond motifs is 1. The minimum atomic E-state index is -4.51. The monoisotopic (exact) mass is 465 g/mol. The number of rotatable bonds is 5. The first kappa shape index (κ1) is 23.5. The zero-order valence-corrected chi connectivity index (χ0v) is 19.5. The zero-order valence-electron chi connectivity index (χ0n) is 19.5. The van der Waals surface area contributed by atoms with Crippen LogP contribution in [0.4, 0.5) is 24.5 Å². The molecule has 176 valence electrons. The molecule has 0 saturated heterocycles. The molecule has 4 nitrogen and oxygen atoms in total. The molecule has 4 aromatic rings. The second-order valence-electron chi connectivity index (χ2n) is 9.02. The van der Waals surface area contributed by atoms with Gasteiger partial charge in [0, 0.05) is 28.9 Å². The lowest BCUT2D eigenvalue weighted by Crippen LogP contribution is -2.10. The maximum atomic E-state index is 13.5. The Morgan fingerprint density at radius 3 is 2.32 bits per heavy atom. The van der Waals surface area contributed by atoms with Crippen molar-refractivity contribution in [2.45, 2.75) is 39.3 Å². The molecular weight excluding hydrogens is 439 g/mol. The van der Waals surface area contributed by atoms with E-state index in [1.54, 1.807) is 24.3 Å². The molecule has 0 spiro atoms. The largest absolute Gasteiger partial charge is 0.478 e. The number of hydrogen-bond donors (Lipinski definition) is 1. The van der Waals surface area contributed by atoms with Gasteiger partial charge in [-0.15, -0.1) is 0 Å². The Hall–Kier alpha value is -3.61. The van der Waals surface area contributed by atoms with E-state index >= 15 is 0 Å². The van der Waals surface area contributed by atoms with E-state index < -0.39 is 11.7 Å². The minimum absolute atomic E-state index is 0.0428. The Morgan fingerprint density at radius 1 is 0.941 bits per heavy atom. The normalized spacial score (nSPS) is 12.1. The van der Waals surface area contributed by atoms with Crippen molar-refractivity contribution in [1.29, 1.82) is 0 Å². The van der Waals surface area contributed by atoms with E-state index in [0.717, 1.165) is 22.8 Å². The van der Waals surface area contributed by atoms with E-state index in [1.807, 2.05) is 19.1 Å². The first-order chi connectivity index (χ1) is 16.1. The highest BCUT2D eigenvalue weighted by molar-refractivity contribution is 5.96. The van der Waals surface area contributed by atoms with Gasteiger partial charge in [-0.2, -0.15) is 13.2 Å². The lowest BCUT2D eigenvalue weighted by molar-refractivity contribution is -0.137. The average Bonchev–Trinajstić information content (AvgIpc) is 2.78. The lowest BCUT2D eigenvalue weighted by atomic mass is 9.87. The summed E-state index contributed by atoms with van der Waals surface area (Å²) in [7, 11) is 0.